The van der Waals surface area contributed by atoms with E-state index >= 15 is 0 Å². The third-order valence-corrected chi connectivity index (χ3v) is 2.42. The fourth-order valence-electron chi connectivity index (χ4n) is 1.47. The van der Waals surface area contributed by atoms with Crippen molar-refractivity contribution in [1.29, 1.82) is 0 Å². The summed E-state index contributed by atoms with van der Waals surface area (Å²) in [6, 6.07) is 1.31. The first-order valence-electron chi connectivity index (χ1n) is 5.89. The molecule has 0 fully saturated rings. The summed E-state index contributed by atoms with van der Waals surface area (Å²) in [5, 5.41) is 0. The largest absolute Gasteiger partial charge is 0.426 e. The second kappa shape index (κ2) is 7.03. The third-order valence-electron chi connectivity index (χ3n) is 2.42. The number of carbonyl (C=O) groups excluding carboxylic acids is 1. The van der Waals surface area contributed by atoms with Crippen LogP contribution in [-0.4, -0.2) is 5.97 Å². The van der Waals surface area contributed by atoms with Gasteiger partial charge < -0.3 is 4.74 Å². The smallest absolute Gasteiger partial charge is 0.311 e. The van der Waals surface area contributed by atoms with E-state index < -0.39 is 23.4 Å². The minimum atomic E-state index is -1.57. The van der Waals surface area contributed by atoms with E-state index in [1.165, 1.54) is 0 Å². The molecule has 18 heavy (non-hydrogen) atoms. The van der Waals surface area contributed by atoms with Crippen molar-refractivity contribution in [3.63, 3.8) is 0 Å². The van der Waals surface area contributed by atoms with Crippen LogP contribution in [0, 0.1) is 17.5 Å². The predicted octanol–water partition coefficient (Wildman–Crippen LogP) is 3.98. The monoisotopic (exact) mass is 260 g/mol. The van der Waals surface area contributed by atoms with Crippen molar-refractivity contribution in [2.24, 2.45) is 0 Å². The summed E-state index contributed by atoms with van der Waals surface area (Å²) in [7, 11) is 0. The average Bonchev–Trinajstić information content (AvgIpc) is 2.31. The van der Waals surface area contributed by atoms with Gasteiger partial charge in [0.15, 0.2) is 17.5 Å². The fourth-order valence-corrected chi connectivity index (χ4v) is 1.47. The molecular weight excluding hydrogens is 245 g/mol. The van der Waals surface area contributed by atoms with Gasteiger partial charge in [-0.3, -0.25) is 4.79 Å². The van der Waals surface area contributed by atoms with Gasteiger partial charge in [-0.2, -0.15) is 0 Å². The van der Waals surface area contributed by atoms with Crippen LogP contribution in [0.2, 0.25) is 0 Å². The molecule has 0 bridgehead atoms. The normalized spacial score (nSPS) is 10.4. The highest BCUT2D eigenvalue weighted by Crippen LogP contribution is 2.20. The maximum Gasteiger partial charge on any atom is 0.311 e. The Balaban J connectivity index is 2.49. The molecule has 0 radical (unpaired) electrons. The Morgan fingerprint density at radius 2 is 1.72 bits per heavy atom. The number of carbonyl (C=O) groups is 1. The van der Waals surface area contributed by atoms with Crippen LogP contribution >= 0.6 is 0 Å². The van der Waals surface area contributed by atoms with E-state index in [0.29, 0.717) is 18.6 Å². The Bertz CT molecular complexity index is 396. The molecule has 0 aromatic heterocycles. The summed E-state index contributed by atoms with van der Waals surface area (Å²) in [5.74, 6) is -5.20. The molecular formula is C13H15F3O2. The number of hydrogen-bond donors (Lipinski definition) is 0. The second-order valence-electron chi connectivity index (χ2n) is 3.99. The molecule has 0 heterocycles. The van der Waals surface area contributed by atoms with Gasteiger partial charge in [0.25, 0.3) is 0 Å². The maximum absolute atomic E-state index is 12.8. The van der Waals surface area contributed by atoms with E-state index in [1.807, 2.05) is 6.92 Å². The van der Waals surface area contributed by atoms with Crippen LogP contribution in [0.5, 0.6) is 5.75 Å². The zero-order chi connectivity index (χ0) is 13.5. The quantitative estimate of drug-likeness (QED) is 0.335. The number of benzene rings is 1. The first-order chi connectivity index (χ1) is 8.54. The van der Waals surface area contributed by atoms with Crippen molar-refractivity contribution in [3.05, 3.63) is 29.6 Å². The lowest BCUT2D eigenvalue weighted by Crippen LogP contribution is -2.08. The van der Waals surface area contributed by atoms with E-state index in [1.54, 1.807) is 0 Å². The fraction of sp³-hybridized carbons (Fsp3) is 0.462. The van der Waals surface area contributed by atoms with Crippen LogP contribution in [-0.2, 0) is 4.79 Å². The Labute approximate surface area is 104 Å². The Hall–Kier alpha value is -1.52. The molecule has 1 aromatic rings. The van der Waals surface area contributed by atoms with Crippen molar-refractivity contribution >= 4 is 5.97 Å². The highest BCUT2D eigenvalue weighted by molar-refractivity contribution is 5.72. The van der Waals surface area contributed by atoms with Gasteiger partial charge in [-0.25, -0.2) is 13.2 Å². The van der Waals surface area contributed by atoms with Gasteiger partial charge in [-0.15, -0.1) is 0 Å². The molecule has 100 valence electrons. The van der Waals surface area contributed by atoms with Crippen LogP contribution in [0.15, 0.2) is 12.1 Å². The number of rotatable bonds is 6. The number of halogens is 3. The van der Waals surface area contributed by atoms with E-state index in [2.05, 4.69) is 0 Å². The lowest BCUT2D eigenvalue weighted by atomic mass is 10.1. The van der Waals surface area contributed by atoms with E-state index in [4.69, 9.17) is 4.74 Å². The molecule has 0 aliphatic carbocycles. The van der Waals surface area contributed by atoms with Crippen LogP contribution in [0.4, 0.5) is 13.2 Å². The highest BCUT2D eigenvalue weighted by Gasteiger charge is 2.13. The van der Waals surface area contributed by atoms with Crippen LogP contribution in [0.25, 0.3) is 0 Å². The van der Waals surface area contributed by atoms with Crippen LogP contribution in [0.3, 0.4) is 0 Å². The van der Waals surface area contributed by atoms with Crippen molar-refractivity contribution in [3.8, 4) is 5.75 Å². The zero-order valence-electron chi connectivity index (χ0n) is 10.1. The molecule has 1 aromatic carbocycles. The number of unbranched alkanes of at least 4 members (excludes halogenated alkanes) is 3. The van der Waals surface area contributed by atoms with Gasteiger partial charge in [0, 0.05) is 18.6 Å². The molecule has 0 aliphatic rings. The number of esters is 1. The lowest BCUT2D eigenvalue weighted by Gasteiger charge is -2.05. The summed E-state index contributed by atoms with van der Waals surface area (Å²) in [6.07, 6.45) is 3.81. The van der Waals surface area contributed by atoms with Crippen LogP contribution < -0.4 is 4.74 Å². The molecule has 0 spiro atoms. The molecule has 1 rings (SSSR count). The third kappa shape index (κ3) is 4.39. The zero-order valence-corrected chi connectivity index (χ0v) is 10.1. The predicted molar refractivity (Wildman–Crippen MR) is 60.7 cm³/mol. The van der Waals surface area contributed by atoms with Crippen molar-refractivity contribution in [1.82, 2.24) is 0 Å². The summed E-state index contributed by atoms with van der Waals surface area (Å²) in [5.41, 5.74) is 0. The molecule has 5 heteroatoms. The van der Waals surface area contributed by atoms with Crippen molar-refractivity contribution in [2.45, 2.75) is 39.0 Å². The minimum Gasteiger partial charge on any atom is -0.426 e. The lowest BCUT2D eigenvalue weighted by molar-refractivity contribution is -0.134. The van der Waals surface area contributed by atoms with E-state index in [0.717, 1.165) is 19.3 Å². The molecule has 0 saturated carbocycles. The van der Waals surface area contributed by atoms with Gasteiger partial charge >= 0.3 is 5.97 Å². The Kier molecular flexibility index (Phi) is 5.68. The summed E-state index contributed by atoms with van der Waals surface area (Å²) < 4.78 is 43.0. The van der Waals surface area contributed by atoms with Crippen molar-refractivity contribution < 1.29 is 22.7 Å². The van der Waals surface area contributed by atoms with E-state index in [9.17, 15) is 18.0 Å². The first kappa shape index (κ1) is 14.5. The molecule has 2 nitrogen and oxygen atoms in total. The average molecular weight is 260 g/mol. The summed E-state index contributed by atoms with van der Waals surface area (Å²) in [4.78, 5) is 11.3. The molecule has 0 saturated heterocycles. The maximum atomic E-state index is 12.8. The van der Waals surface area contributed by atoms with Gasteiger partial charge in [0.2, 0.25) is 0 Å². The summed E-state index contributed by atoms with van der Waals surface area (Å²) >= 11 is 0. The number of hydrogen-bond acceptors (Lipinski definition) is 2. The standard InChI is InChI=1S/C13H15F3O2/c1-2-3-4-5-6-12(17)18-9-7-10(14)13(16)11(15)8-9/h7-8H,2-6H2,1H3. The molecule has 0 N–H and O–H groups in total. The van der Waals surface area contributed by atoms with Gasteiger partial charge in [0.1, 0.15) is 5.75 Å². The van der Waals surface area contributed by atoms with Gasteiger partial charge in [0.05, 0.1) is 0 Å². The minimum absolute atomic E-state index is 0.181. The Morgan fingerprint density at radius 3 is 2.28 bits per heavy atom. The highest BCUT2D eigenvalue weighted by atomic mass is 19.2. The molecule has 0 aliphatic heterocycles. The molecule has 0 amide bonds. The van der Waals surface area contributed by atoms with Crippen LogP contribution in [0.1, 0.15) is 39.0 Å². The van der Waals surface area contributed by atoms with E-state index in [-0.39, 0.29) is 12.2 Å². The Morgan fingerprint density at radius 1 is 1.11 bits per heavy atom. The van der Waals surface area contributed by atoms with Crippen molar-refractivity contribution in [2.75, 3.05) is 0 Å². The van der Waals surface area contributed by atoms with Gasteiger partial charge in [-0.1, -0.05) is 26.2 Å². The second-order valence-corrected chi connectivity index (χ2v) is 3.99. The van der Waals surface area contributed by atoms with Gasteiger partial charge in [-0.05, 0) is 6.42 Å². The summed E-state index contributed by atoms with van der Waals surface area (Å²) in [6.45, 7) is 2.04. The SMILES string of the molecule is CCCCCCC(=O)Oc1cc(F)c(F)c(F)c1. The first-order valence-corrected chi connectivity index (χ1v) is 5.89. The number of ether oxygens (including phenoxy) is 1. The molecule has 0 unspecified atom stereocenters. The molecule has 0 atom stereocenters. The topological polar surface area (TPSA) is 26.3 Å².